The summed E-state index contributed by atoms with van der Waals surface area (Å²) >= 11 is 1.48. The number of carbonyl (C=O) groups excluding carboxylic acids is 1. The van der Waals surface area contributed by atoms with Gasteiger partial charge < -0.3 is 24.5 Å². The van der Waals surface area contributed by atoms with Gasteiger partial charge in [0.15, 0.2) is 0 Å². The van der Waals surface area contributed by atoms with Gasteiger partial charge in [-0.15, -0.1) is 10.2 Å². The second-order valence-corrected chi connectivity index (χ2v) is 8.09. The van der Waals surface area contributed by atoms with Crippen molar-refractivity contribution in [1.29, 1.82) is 0 Å². The molecule has 8 nitrogen and oxygen atoms in total. The maximum atomic E-state index is 12.3. The van der Waals surface area contributed by atoms with Crippen molar-refractivity contribution in [2.45, 2.75) is 73.8 Å². The first-order valence-corrected chi connectivity index (χ1v) is 9.84. The molecule has 0 bridgehead atoms. The monoisotopic (exact) mass is 368 g/mol. The highest BCUT2D eigenvalue weighted by molar-refractivity contribution is 7.99. The highest BCUT2D eigenvalue weighted by Gasteiger charge is 2.49. The van der Waals surface area contributed by atoms with Gasteiger partial charge in [-0.3, -0.25) is 0 Å². The Labute approximate surface area is 150 Å². The van der Waals surface area contributed by atoms with E-state index in [4.69, 9.17) is 13.9 Å². The molecule has 3 fully saturated rings. The van der Waals surface area contributed by atoms with Crippen LogP contribution >= 0.6 is 11.8 Å². The van der Waals surface area contributed by atoms with Crippen LogP contribution in [-0.4, -0.2) is 59.0 Å². The minimum absolute atomic E-state index is 0.0720. The van der Waals surface area contributed by atoms with Crippen molar-refractivity contribution >= 4 is 17.8 Å². The summed E-state index contributed by atoms with van der Waals surface area (Å²) in [6.07, 6.45) is 5.60. The summed E-state index contributed by atoms with van der Waals surface area (Å²) in [4.78, 5) is 12.3. The predicted octanol–water partition coefficient (Wildman–Crippen LogP) is 1.64. The predicted molar refractivity (Wildman–Crippen MR) is 90.5 cm³/mol. The topological polar surface area (TPSA) is 98.5 Å². The first-order chi connectivity index (χ1) is 12.2. The lowest BCUT2D eigenvalue weighted by Crippen LogP contribution is -2.51. The van der Waals surface area contributed by atoms with Crippen molar-refractivity contribution in [3.8, 4) is 0 Å². The van der Waals surface area contributed by atoms with E-state index < -0.39 is 0 Å². The lowest BCUT2D eigenvalue weighted by molar-refractivity contribution is 0.0693. The number of amides is 2. The summed E-state index contributed by atoms with van der Waals surface area (Å²) in [6.45, 7) is 2.78. The minimum Gasteiger partial charge on any atom is -0.416 e. The molecule has 0 spiro atoms. The smallest absolute Gasteiger partial charge is 0.315 e. The molecule has 138 valence electrons. The zero-order valence-corrected chi connectivity index (χ0v) is 15.1. The van der Waals surface area contributed by atoms with Crippen LogP contribution in [0.4, 0.5) is 4.79 Å². The molecule has 1 aromatic rings. The van der Waals surface area contributed by atoms with Crippen LogP contribution in [0.25, 0.3) is 0 Å². The van der Waals surface area contributed by atoms with Crippen LogP contribution in [0.3, 0.4) is 0 Å². The molecule has 0 radical (unpaired) electrons. The van der Waals surface area contributed by atoms with Crippen LogP contribution in [0.5, 0.6) is 0 Å². The average Bonchev–Trinajstić information content (AvgIpc) is 3.28. The number of carbonyl (C=O) groups is 1. The Balaban J connectivity index is 1.28. The van der Waals surface area contributed by atoms with Crippen molar-refractivity contribution in [3.05, 3.63) is 5.89 Å². The lowest BCUT2D eigenvalue weighted by atomic mass is 9.96. The van der Waals surface area contributed by atoms with Crippen molar-refractivity contribution in [2.75, 3.05) is 13.2 Å². The number of aromatic nitrogens is 2. The Morgan fingerprint density at radius 1 is 1.08 bits per heavy atom. The molecule has 2 aliphatic heterocycles. The van der Waals surface area contributed by atoms with Gasteiger partial charge in [-0.05, 0) is 12.8 Å². The summed E-state index contributed by atoms with van der Waals surface area (Å²) in [5.74, 6) is 0.546. The van der Waals surface area contributed by atoms with Gasteiger partial charge in [0, 0.05) is 13.0 Å². The molecule has 4 rings (SSSR count). The van der Waals surface area contributed by atoms with Crippen LogP contribution in [0.1, 0.15) is 38.0 Å². The van der Waals surface area contributed by atoms with E-state index in [9.17, 15) is 4.79 Å². The van der Waals surface area contributed by atoms with Crippen molar-refractivity contribution < 1.29 is 18.7 Å². The maximum absolute atomic E-state index is 12.3. The number of ether oxygens (including phenoxy) is 2. The molecule has 2 saturated heterocycles. The largest absolute Gasteiger partial charge is 0.416 e. The number of nitrogens with one attached hydrogen (secondary N) is 2. The molecule has 9 heteroatoms. The normalized spacial score (nSPS) is 32.5. The number of thioether (sulfide) groups is 1. The summed E-state index contributed by atoms with van der Waals surface area (Å²) in [7, 11) is 0. The van der Waals surface area contributed by atoms with Crippen LogP contribution in [0.15, 0.2) is 9.64 Å². The van der Waals surface area contributed by atoms with Gasteiger partial charge in [-0.25, -0.2) is 4.79 Å². The third kappa shape index (κ3) is 3.93. The maximum Gasteiger partial charge on any atom is 0.315 e. The first kappa shape index (κ1) is 17.1. The Hall–Kier alpha value is -1.32. The van der Waals surface area contributed by atoms with Gasteiger partial charge in [0.25, 0.3) is 5.22 Å². The fourth-order valence-electron chi connectivity index (χ4n) is 3.79. The SMILES string of the molecule is Cc1nnc(S[C@H]2CO[C@H]3[C@@H]2OC[C@@H]3NC(=O)NC2CCCCC2)o1. The number of aryl methyl sites for hydroxylation is 1. The van der Waals surface area contributed by atoms with Gasteiger partial charge in [0.05, 0.1) is 24.5 Å². The Kier molecular flexibility index (Phi) is 5.14. The molecule has 1 saturated carbocycles. The third-order valence-electron chi connectivity index (χ3n) is 5.02. The van der Waals surface area contributed by atoms with Crippen molar-refractivity contribution in [1.82, 2.24) is 20.8 Å². The van der Waals surface area contributed by atoms with Crippen LogP contribution in [0.2, 0.25) is 0 Å². The number of rotatable bonds is 4. The zero-order chi connectivity index (χ0) is 17.2. The fourth-order valence-corrected chi connectivity index (χ4v) is 4.82. The van der Waals surface area contributed by atoms with Gasteiger partial charge in [0.2, 0.25) is 5.89 Å². The Morgan fingerprint density at radius 2 is 1.88 bits per heavy atom. The average molecular weight is 368 g/mol. The van der Waals surface area contributed by atoms with E-state index in [0.717, 1.165) is 12.8 Å². The van der Waals surface area contributed by atoms with E-state index in [0.29, 0.717) is 30.4 Å². The second kappa shape index (κ2) is 7.51. The Bertz CT molecular complexity index is 607. The highest BCUT2D eigenvalue weighted by Crippen LogP contribution is 2.36. The molecule has 1 aliphatic carbocycles. The van der Waals surface area contributed by atoms with Crippen LogP contribution in [0, 0.1) is 6.92 Å². The number of nitrogens with zero attached hydrogens (tertiary/aromatic N) is 2. The molecule has 1 aromatic heterocycles. The van der Waals surface area contributed by atoms with Gasteiger partial charge in [0.1, 0.15) is 12.2 Å². The summed E-state index contributed by atoms with van der Waals surface area (Å²) in [6, 6.07) is 0.0532. The van der Waals surface area contributed by atoms with E-state index in [1.165, 1.54) is 31.0 Å². The van der Waals surface area contributed by atoms with Gasteiger partial charge >= 0.3 is 6.03 Å². The van der Waals surface area contributed by atoms with Gasteiger partial charge in [-0.2, -0.15) is 0 Å². The quantitative estimate of drug-likeness (QED) is 0.833. The Morgan fingerprint density at radius 3 is 2.64 bits per heavy atom. The molecule has 25 heavy (non-hydrogen) atoms. The molecule has 3 heterocycles. The molecule has 0 unspecified atom stereocenters. The second-order valence-electron chi connectivity index (χ2n) is 6.90. The van der Waals surface area contributed by atoms with E-state index >= 15 is 0 Å². The summed E-state index contributed by atoms with van der Waals surface area (Å²) in [5.41, 5.74) is 0. The number of hydrogen-bond donors (Lipinski definition) is 2. The third-order valence-corrected chi connectivity index (χ3v) is 6.10. The van der Waals surface area contributed by atoms with Crippen LogP contribution < -0.4 is 10.6 Å². The number of hydrogen-bond acceptors (Lipinski definition) is 7. The molecular weight excluding hydrogens is 344 g/mol. The standard InChI is InChI=1S/C16H24N4O4S/c1-9-19-20-16(24-9)25-12-8-23-13-11(7-22-14(12)13)18-15(21)17-10-5-3-2-4-6-10/h10-14H,2-8H2,1H3,(H2,17,18,21)/t11-,12-,13+,14+/m0/s1. The summed E-state index contributed by atoms with van der Waals surface area (Å²) < 4.78 is 17.2. The molecule has 2 N–H and O–H groups in total. The van der Waals surface area contributed by atoms with Crippen LogP contribution in [-0.2, 0) is 9.47 Å². The van der Waals surface area contributed by atoms with E-state index in [2.05, 4.69) is 20.8 Å². The molecule has 2 amide bonds. The zero-order valence-electron chi connectivity index (χ0n) is 14.3. The molecule has 0 aromatic carbocycles. The van der Waals surface area contributed by atoms with Crippen molar-refractivity contribution in [3.63, 3.8) is 0 Å². The number of urea groups is 1. The molecule has 4 atom stereocenters. The van der Waals surface area contributed by atoms with Gasteiger partial charge in [-0.1, -0.05) is 31.0 Å². The minimum atomic E-state index is -0.126. The van der Waals surface area contributed by atoms with E-state index in [-0.39, 0.29) is 29.5 Å². The molecule has 3 aliphatic rings. The molecular formula is C16H24N4O4S. The lowest BCUT2D eigenvalue weighted by Gasteiger charge is -2.24. The fraction of sp³-hybridized carbons (Fsp3) is 0.812. The van der Waals surface area contributed by atoms with E-state index in [1.807, 2.05) is 0 Å². The highest BCUT2D eigenvalue weighted by atomic mass is 32.2. The number of fused-ring (bicyclic) bond motifs is 1. The van der Waals surface area contributed by atoms with E-state index in [1.54, 1.807) is 6.92 Å². The first-order valence-electron chi connectivity index (χ1n) is 8.96. The summed E-state index contributed by atoms with van der Waals surface area (Å²) in [5, 5.41) is 14.6. The van der Waals surface area contributed by atoms with Crippen molar-refractivity contribution in [2.24, 2.45) is 0 Å².